The fourth-order valence-electron chi connectivity index (χ4n) is 1.16. The van der Waals surface area contributed by atoms with Crippen molar-refractivity contribution in [3.8, 4) is 11.8 Å². The topological polar surface area (TPSA) is 51.2 Å². The van der Waals surface area contributed by atoms with Crippen LogP contribution in [0.4, 0.5) is 0 Å². The quantitative estimate of drug-likeness (QED) is 0.766. The highest BCUT2D eigenvalue weighted by molar-refractivity contribution is 8.13. The van der Waals surface area contributed by atoms with Crippen molar-refractivity contribution >= 4 is 26.7 Å². The first kappa shape index (κ1) is 13.8. The number of hydrogen-bond acceptors (Lipinski definition) is 4. The van der Waals surface area contributed by atoms with Crippen molar-refractivity contribution in [2.75, 3.05) is 12.0 Å². The Bertz CT molecular complexity index is 577. The van der Waals surface area contributed by atoms with E-state index >= 15 is 0 Å². The smallest absolute Gasteiger partial charge is 0.186 e. The fourth-order valence-corrected chi connectivity index (χ4v) is 2.35. The van der Waals surface area contributed by atoms with Gasteiger partial charge in [-0.3, -0.25) is 4.79 Å². The van der Waals surface area contributed by atoms with E-state index in [1.54, 1.807) is 18.2 Å². The minimum Gasteiger partial charge on any atom is -0.288 e. The van der Waals surface area contributed by atoms with Gasteiger partial charge in [0.25, 0.3) is 0 Å². The molecule has 0 aliphatic heterocycles. The van der Waals surface area contributed by atoms with Crippen LogP contribution < -0.4 is 0 Å². The monoisotopic (exact) mass is 268 g/mol. The average Bonchev–Trinajstić information content (AvgIpc) is 2.23. The number of carbonyl (C=O) groups excluding carboxylic acids is 1. The molecule has 0 unspecified atom stereocenters. The van der Waals surface area contributed by atoms with Crippen LogP contribution in [0.25, 0.3) is 0 Å². The third-order valence-corrected chi connectivity index (χ3v) is 3.71. The lowest BCUT2D eigenvalue weighted by molar-refractivity contribution is -0.109. The maximum atomic E-state index is 11.5. The van der Waals surface area contributed by atoms with Gasteiger partial charge in [-0.2, -0.15) is 0 Å². The van der Waals surface area contributed by atoms with Crippen molar-refractivity contribution in [3.63, 3.8) is 0 Å². The molecule has 0 N–H and O–H groups in total. The van der Waals surface area contributed by atoms with E-state index in [9.17, 15) is 13.2 Å². The summed E-state index contributed by atoms with van der Waals surface area (Å²) in [7, 11) is -3.26. The lowest BCUT2D eigenvalue weighted by Gasteiger charge is -2.00. The molecule has 1 aromatic carbocycles. The molecule has 0 radical (unpaired) electrons. The van der Waals surface area contributed by atoms with E-state index in [0.717, 1.165) is 18.0 Å². The number of thioether (sulfide) groups is 1. The summed E-state index contributed by atoms with van der Waals surface area (Å²) in [5.74, 6) is 5.91. The van der Waals surface area contributed by atoms with Gasteiger partial charge in [-0.05, 0) is 12.1 Å². The van der Waals surface area contributed by atoms with Crippen molar-refractivity contribution in [2.45, 2.75) is 11.8 Å². The molecule has 0 aromatic heterocycles. The second-order valence-corrected chi connectivity index (χ2v) is 6.49. The van der Waals surface area contributed by atoms with Crippen LogP contribution >= 0.6 is 11.8 Å². The van der Waals surface area contributed by atoms with Gasteiger partial charge in [0.1, 0.15) is 0 Å². The number of hydrogen-bond donors (Lipinski definition) is 0. The maximum absolute atomic E-state index is 11.5. The molecule has 1 aromatic rings. The SMILES string of the molecule is CC(=O)SCC#Cc1ccccc1S(C)(=O)=O. The van der Waals surface area contributed by atoms with Gasteiger partial charge in [-0.1, -0.05) is 35.7 Å². The molecule has 90 valence electrons. The molecule has 0 saturated carbocycles. The van der Waals surface area contributed by atoms with E-state index in [0.29, 0.717) is 11.3 Å². The van der Waals surface area contributed by atoms with Gasteiger partial charge >= 0.3 is 0 Å². The Hall–Kier alpha value is -1.25. The fraction of sp³-hybridized carbons (Fsp3) is 0.250. The van der Waals surface area contributed by atoms with Gasteiger partial charge in [0.05, 0.1) is 10.6 Å². The van der Waals surface area contributed by atoms with Gasteiger partial charge < -0.3 is 0 Å². The van der Waals surface area contributed by atoms with Crippen molar-refractivity contribution in [1.82, 2.24) is 0 Å². The number of benzene rings is 1. The first-order valence-corrected chi connectivity index (χ1v) is 7.70. The summed E-state index contributed by atoms with van der Waals surface area (Å²) in [5, 5.41) is -0.00398. The summed E-state index contributed by atoms with van der Waals surface area (Å²) in [6.07, 6.45) is 1.15. The Morgan fingerprint density at radius 3 is 2.59 bits per heavy atom. The van der Waals surface area contributed by atoms with Crippen LogP contribution in [-0.2, 0) is 14.6 Å². The first-order valence-electron chi connectivity index (χ1n) is 4.82. The van der Waals surface area contributed by atoms with Crippen molar-refractivity contribution < 1.29 is 13.2 Å². The maximum Gasteiger partial charge on any atom is 0.186 e. The highest BCUT2D eigenvalue weighted by Gasteiger charge is 2.10. The van der Waals surface area contributed by atoms with Crippen LogP contribution in [0.5, 0.6) is 0 Å². The molecular weight excluding hydrogens is 256 g/mol. The molecule has 0 aliphatic rings. The predicted octanol–water partition coefficient (Wildman–Crippen LogP) is 1.72. The lowest BCUT2D eigenvalue weighted by Crippen LogP contribution is -1.99. The zero-order valence-electron chi connectivity index (χ0n) is 9.56. The minimum atomic E-state index is -3.26. The van der Waals surface area contributed by atoms with Crippen LogP contribution in [0.15, 0.2) is 29.2 Å². The minimum absolute atomic E-state index is 0.00398. The van der Waals surface area contributed by atoms with Crippen LogP contribution in [-0.4, -0.2) is 25.5 Å². The molecule has 3 nitrogen and oxygen atoms in total. The van der Waals surface area contributed by atoms with E-state index in [2.05, 4.69) is 11.8 Å². The second kappa shape index (κ2) is 5.89. The Kier molecular flexibility index (Phi) is 4.79. The van der Waals surface area contributed by atoms with Crippen LogP contribution in [0.2, 0.25) is 0 Å². The van der Waals surface area contributed by atoms with Gasteiger partial charge in [0.15, 0.2) is 15.0 Å². The largest absolute Gasteiger partial charge is 0.288 e. The normalized spacial score (nSPS) is 10.5. The molecule has 0 amide bonds. The highest BCUT2D eigenvalue weighted by atomic mass is 32.2. The Balaban J connectivity index is 2.96. The van der Waals surface area contributed by atoms with Gasteiger partial charge in [-0.15, -0.1) is 0 Å². The van der Waals surface area contributed by atoms with Crippen LogP contribution in [0.3, 0.4) is 0 Å². The summed E-state index contributed by atoms with van der Waals surface area (Å²) in [4.78, 5) is 10.9. The molecule has 1 rings (SSSR count). The highest BCUT2D eigenvalue weighted by Crippen LogP contribution is 2.13. The number of rotatable bonds is 2. The molecule has 0 spiro atoms. The molecule has 0 fully saturated rings. The van der Waals surface area contributed by atoms with Gasteiger partial charge in [-0.25, -0.2) is 8.42 Å². The van der Waals surface area contributed by atoms with E-state index in [4.69, 9.17) is 0 Å². The predicted molar refractivity (Wildman–Crippen MR) is 69.6 cm³/mol. The summed E-state index contributed by atoms with van der Waals surface area (Å²) in [5.41, 5.74) is 0.471. The van der Waals surface area contributed by atoms with E-state index < -0.39 is 9.84 Å². The van der Waals surface area contributed by atoms with Crippen LogP contribution in [0.1, 0.15) is 12.5 Å². The zero-order valence-corrected chi connectivity index (χ0v) is 11.2. The van der Waals surface area contributed by atoms with E-state index in [-0.39, 0.29) is 10.0 Å². The number of carbonyl (C=O) groups is 1. The van der Waals surface area contributed by atoms with E-state index in [1.165, 1.54) is 13.0 Å². The van der Waals surface area contributed by atoms with Crippen molar-refractivity contribution in [2.24, 2.45) is 0 Å². The molecule has 0 saturated heterocycles. The molecule has 5 heteroatoms. The van der Waals surface area contributed by atoms with Gasteiger partial charge in [0, 0.05) is 18.7 Å². The third kappa shape index (κ3) is 4.63. The Morgan fingerprint density at radius 1 is 1.35 bits per heavy atom. The zero-order chi connectivity index (χ0) is 12.9. The van der Waals surface area contributed by atoms with Crippen molar-refractivity contribution in [3.05, 3.63) is 29.8 Å². The van der Waals surface area contributed by atoms with Crippen LogP contribution in [0, 0.1) is 11.8 Å². The Morgan fingerprint density at radius 2 is 2.00 bits per heavy atom. The van der Waals surface area contributed by atoms with Gasteiger partial charge in [0.2, 0.25) is 0 Å². The standard InChI is InChI=1S/C12H12O3S2/c1-10(13)16-9-5-7-11-6-3-4-8-12(11)17(2,14)15/h3-4,6,8H,9H2,1-2H3. The van der Waals surface area contributed by atoms with E-state index in [1.807, 2.05) is 0 Å². The molecule has 0 heterocycles. The molecular formula is C12H12O3S2. The first-order chi connectivity index (χ1) is 7.91. The summed E-state index contributed by atoms with van der Waals surface area (Å²) in [6, 6.07) is 6.57. The Labute approximate surface area is 106 Å². The second-order valence-electron chi connectivity index (χ2n) is 3.35. The molecule has 17 heavy (non-hydrogen) atoms. The molecule has 0 bridgehead atoms. The third-order valence-electron chi connectivity index (χ3n) is 1.86. The average molecular weight is 268 g/mol. The molecule has 0 atom stereocenters. The summed E-state index contributed by atoms with van der Waals surface area (Å²) < 4.78 is 22.9. The van der Waals surface area contributed by atoms with Crippen molar-refractivity contribution in [1.29, 1.82) is 0 Å². The summed E-state index contributed by atoms with van der Waals surface area (Å²) >= 11 is 1.10. The lowest BCUT2D eigenvalue weighted by atomic mass is 10.2. The molecule has 0 aliphatic carbocycles. The number of sulfone groups is 1. The summed E-state index contributed by atoms with van der Waals surface area (Å²) in [6.45, 7) is 1.47.